The summed E-state index contributed by atoms with van der Waals surface area (Å²) in [4.78, 5) is 29.3. The first kappa shape index (κ1) is 23.7. The number of halogens is 2. The fourth-order valence-electron chi connectivity index (χ4n) is 3.48. The molecule has 0 unspecified atom stereocenters. The molecule has 1 aliphatic heterocycles. The number of carbonyl (C=O) groups is 2. The smallest absolute Gasteiger partial charge is 0.264 e. The van der Waals surface area contributed by atoms with Crippen molar-refractivity contribution in [3.05, 3.63) is 50.9 Å². The number of amides is 2. The molecule has 0 radical (unpaired) electrons. The Labute approximate surface area is 191 Å². The van der Waals surface area contributed by atoms with Gasteiger partial charge in [0.25, 0.3) is 5.91 Å². The number of carbonyl (C=O) groups excluding carboxylic acids is 2. The number of hydrogen-bond donors (Lipinski definition) is 2. The molecule has 2 N–H and O–H groups in total. The highest BCUT2D eigenvalue weighted by molar-refractivity contribution is 7.17. The van der Waals surface area contributed by atoms with Gasteiger partial charge in [0.15, 0.2) is 0 Å². The average Bonchev–Trinajstić information content (AvgIpc) is 3.10. The Hall–Kier alpha value is -2.00. The van der Waals surface area contributed by atoms with Crippen LogP contribution in [-0.2, 0) is 11.3 Å². The predicted octanol–water partition coefficient (Wildman–Crippen LogP) is 3.51. The molecule has 1 aromatic heterocycles. The summed E-state index contributed by atoms with van der Waals surface area (Å²) in [5.74, 6) is -0.979. The lowest BCUT2D eigenvalue weighted by Crippen LogP contribution is -2.42. The second-order valence-electron chi connectivity index (χ2n) is 7.76. The van der Waals surface area contributed by atoms with E-state index in [1.54, 1.807) is 29.2 Å². The van der Waals surface area contributed by atoms with Crippen LogP contribution in [-0.4, -0.2) is 55.5 Å². The zero-order valence-corrected chi connectivity index (χ0v) is 19.4. The van der Waals surface area contributed by atoms with Gasteiger partial charge in [0.05, 0.1) is 21.4 Å². The first-order chi connectivity index (χ1) is 14.9. The minimum Gasteiger partial charge on any atom is -0.324 e. The molecule has 0 saturated carbocycles. The summed E-state index contributed by atoms with van der Waals surface area (Å²) in [7, 11) is 0. The molecule has 6 nitrogen and oxygen atoms in total. The maximum absolute atomic E-state index is 14.7. The lowest BCUT2D eigenvalue weighted by atomic mass is 10.1. The molecule has 1 aromatic carbocycles. The second-order valence-corrected chi connectivity index (χ2v) is 9.48. The zero-order chi connectivity index (χ0) is 22.4. The molecule has 0 spiro atoms. The number of fused-ring (bicyclic) bond motifs is 1. The molecule has 0 bridgehead atoms. The summed E-state index contributed by atoms with van der Waals surface area (Å²) < 4.78 is 15.2. The molecule has 0 atom stereocenters. The van der Waals surface area contributed by atoms with Crippen molar-refractivity contribution >= 4 is 40.4 Å². The van der Waals surface area contributed by atoms with Crippen LogP contribution < -0.4 is 15.5 Å². The highest BCUT2D eigenvalue weighted by Gasteiger charge is 2.31. The Kier molecular flexibility index (Phi) is 8.43. The van der Waals surface area contributed by atoms with Crippen LogP contribution in [0.4, 0.5) is 10.1 Å². The van der Waals surface area contributed by atoms with E-state index in [9.17, 15) is 14.0 Å². The van der Waals surface area contributed by atoms with E-state index in [1.165, 1.54) is 11.0 Å². The normalized spacial score (nSPS) is 14.2. The molecule has 0 fully saturated rings. The summed E-state index contributed by atoms with van der Waals surface area (Å²) in [6.07, 6.45) is 0.975. The number of anilines is 1. The minimum atomic E-state index is -0.424. The lowest BCUT2D eigenvalue weighted by molar-refractivity contribution is -0.119. The van der Waals surface area contributed by atoms with Crippen LogP contribution in [0.25, 0.3) is 0 Å². The van der Waals surface area contributed by atoms with Gasteiger partial charge in [-0.25, -0.2) is 4.39 Å². The Morgan fingerprint density at radius 3 is 2.71 bits per heavy atom. The van der Waals surface area contributed by atoms with E-state index in [1.807, 2.05) is 0 Å². The first-order valence-corrected chi connectivity index (χ1v) is 11.6. The van der Waals surface area contributed by atoms with Gasteiger partial charge in [-0.15, -0.1) is 11.3 Å². The van der Waals surface area contributed by atoms with Crippen molar-refractivity contribution in [3.8, 4) is 0 Å². The molecule has 9 heteroatoms. The predicted molar refractivity (Wildman–Crippen MR) is 123 cm³/mol. The van der Waals surface area contributed by atoms with Crippen molar-refractivity contribution in [1.29, 1.82) is 0 Å². The molecule has 2 aromatic rings. The van der Waals surface area contributed by atoms with Crippen molar-refractivity contribution in [3.63, 3.8) is 0 Å². The van der Waals surface area contributed by atoms with Crippen molar-refractivity contribution < 1.29 is 14.0 Å². The number of benzene rings is 1. The van der Waals surface area contributed by atoms with Gasteiger partial charge in [-0.2, -0.15) is 0 Å². The molecule has 2 heterocycles. The van der Waals surface area contributed by atoms with E-state index in [0.717, 1.165) is 30.8 Å². The molecular formula is C22H28ClFN4O2S. The lowest BCUT2D eigenvalue weighted by Gasteiger charge is -2.23. The van der Waals surface area contributed by atoms with Gasteiger partial charge in [0.1, 0.15) is 12.4 Å². The Morgan fingerprint density at radius 1 is 1.19 bits per heavy atom. The molecule has 0 aliphatic carbocycles. The van der Waals surface area contributed by atoms with E-state index >= 15 is 0 Å². The molecule has 168 valence electrons. The van der Waals surface area contributed by atoms with Crippen LogP contribution >= 0.6 is 22.9 Å². The van der Waals surface area contributed by atoms with Crippen LogP contribution in [0.2, 0.25) is 4.34 Å². The Balaban J connectivity index is 1.68. The number of thiophene rings is 1. The fourth-order valence-corrected chi connectivity index (χ4v) is 4.49. The molecule has 0 saturated heterocycles. The number of nitrogens with one attached hydrogen (secondary N) is 2. The minimum absolute atomic E-state index is 0.0346. The summed E-state index contributed by atoms with van der Waals surface area (Å²) in [5.41, 5.74) is 0.873. The fraction of sp³-hybridized carbons (Fsp3) is 0.455. The molecule has 3 rings (SSSR count). The Bertz CT molecular complexity index is 921. The first-order valence-electron chi connectivity index (χ1n) is 10.4. The Morgan fingerprint density at radius 2 is 2.00 bits per heavy atom. The number of hydrogen-bond acceptors (Lipinski definition) is 5. The van der Waals surface area contributed by atoms with Crippen LogP contribution in [0.5, 0.6) is 0 Å². The third-order valence-electron chi connectivity index (χ3n) is 5.03. The maximum atomic E-state index is 14.7. The van der Waals surface area contributed by atoms with Crippen LogP contribution in [0.3, 0.4) is 0 Å². The van der Waals surface area contributed by atoms with Gasteiger partial charge in [0.2, 0.25) is 5.91 Å². The van der Waals surface area contributed by atoms with Crippen LogP contribution in [0.1, 0.15) is 35.5 Å². The largest absolute Gasteiger partial charge is 0.324 e. The maximum Gasteiger partial charge on any atom is 0.264 e. The molecule has 2 amide bonds. The quantitative estimate of drug-likeness (QED) is 0.555. The number of rotatable bonds is 9. The van der Waals surface area contributed by atoms with E-state index in [4.69, 9.17) is 11.6 Å². The standard InChI is InChI=1S/C22H28ClFN4O2S/c1-15(2)26-10-4-9-25-11-12-28-18-6-3-5-17(24)16(18)13-27(14-21(28)29)22(30)19-7-8-20(23)31-19/h3,5-8,15,25-26H,4,9-14H2,1-2H3. The summed E-state index contributed by atoms with van der Waals surface area (Å²) >= 11 is 7.10. The third-order valence-corrected chi connectivity index (χ3v) is 6.25. The molecule has 31 heavy (non-hydrogen) atoms. The van der Waals surface area contributed by atoms with Gasteiger partial charge < -0.3 is 20.4 Å². The summed E-state index contributed by atoms with van der Waals surface area (Å²) in [6, 6.07) is 8.41. The van der Waals surface area contributed by atoms with Gasteiger partial charge in [0, 0.05) is 24.7 Å². The summed E-state index contributed by atoms with van der Waals surface area (Å²) in [6.45, 7) is 6.87. The number of nitrogens with zero attached hydrogens (tertiary/aromatic N) is 2. The molecular weight excluding hydrogens is 439 g/mol. The summed E-state index contributed by atoms with van der Waals surface area (Å²) in [5, 5.41) is 6.69. The van der Waals surface area contributed by atoms with E-state index < -0.39 is 5.82 Å². The highest BCUT2D eigenvalue weighted by atomic mass is 35.5. The SMILES string of the molecule is CC(C)NCCCNCCN1C(=O)CN(C(=O)c2ccc(Cl)s2)Cc2c(F)cccc21. The second kappa shape index (κ2) is 11.0. The molecule has 1 aliphatic rings. The third kappa shape index (κ3) is 6.26. The zero-order valence-electron chi connectivity index (χ0n) is 17.8. The van der Waals surface area contributed by atoms with Crippen LogP contribution in [0, 0.1) is 5.82 Å². The topological polar surface area (TPSA) is 64.7 Å². The van der Waals surface area contributed by atoms with Crippen molar-refractivity contribution in [2.24, 2.45) is 0 Å². The van der Waals surface area contributed by atoms with Crippen LogP contribution in [0.15, 0.2) is 30.3 Å². The monoisotopic (exact) mass is 466 g/mol. The van der Waals surface area contributed by atoms with Gasteiger partial charge in [-0.1, -0.05) is 31.5 Å². The van der Waals surface area contributed by atoms with E-state index in [2.05, 4.69) is 24.5 Å². The highest BCUT2D eigenvalue weighted by Crippen LogP contribution is 2.30. The van der Waals surface area contributed by atoms with E-state index in [0.29, 0.717) is 39.6 Å². The van der Waals surface area contributed by atoms with Gasteiger partial charge >= 0.3 is 0 Å². The average molecular weight is 467 g/mol. The van der Waals surface area contributed by atoms with Gasteiger partial charge in [-0.3, -0.25) is 9.59 Å². The van der Waals surface area contributed by atoms with Gasteiger partial charge in [-0.05, 0) is 43.8 Å². The van der Waals surface area contributed by atoms with E-state index in [-0.39, 0.29) is 24.9 Å². The van der Waals surface area contributed by atoms with Crippen molar-refractivity contribution in [2.75, 3.05) is 37.6 Å². The van der Waals surface area contributed by atoms with Crippen molar-refractivity contribution in [2.45, 2.75) is 32.9 Å². The van der Waals surface area contributed by atoms with Crippen molar-refractivity contribution in [1.82, 2.24) is 15.5 Å².